The number of rotatable bonds is 7. The second-order valence-corrected chi connectivity index (χ2v) is 9.08. The molecule has 1 aliphatic rings. The van der Waals surface area contributed by atoms with Gasteiger partial charge in [-0.05, 0) is 49.9 Å². The molecule has 1 fully saturated rings. The molecule has 0 aromatic heterocycles. The smallest absolute Gasteiger partial charge is 0.240 e. The summed E-state index contributed by atoms with van der Waals surface area (Å²) in [4.78, 5) is 0.306. The molecule has 5 nitrogen and oxygen atoms in total. The normalized spacial score (nSPS) is 18.1. The zero-order valence-corrected chi connectivity index (χ0v) is 16.8. The lowest BCUT2D eigenvalue weighted by Gasteiger charge is -2.40. The third-order valence-electron chi connectivity index (χ3n) is 5.17. The number of ether oxygens (including phenoxy) is 1. The summed E-state index contributed by atoms with van der Waals surface area (Å²) in [6, 6.07) is 17.3. The van der Waals surface area contributed by atoms with Crippen molar-refractivity contribution in [2.75, 3.05) is 19.8 Å². The lowest BCUT2D eigenvalue weighted by atomic mass is 9.88. The van der Waals surface area contributed by atoms with Crippen LogP contribution < -0.4 is 10.0 Å². The van der Waals surface area contributed by atoms with Gasteiger partial charge < -0.3 is 10.1 Å². The fourth-order valence-corrected chi connectivity index (χ4v) is 4.75. The maximum atomic E-state index is 12.8. The second-order valence-electron chi connectivity index (χ2n) is 7.31. The van der Waals surface area contributed by atoms with Gasteiger partial charge in [-0.1, -0.05) is 42.5 Å². The number of hydrogen-bond donors (Lipinski definition) is 2. The number of hydrogen-bond acceptors (Lipinski definition) is 4. The Labute approximate surface area is 162 Å². The van der Waals surface area contributed by atoms with Crippen molar-refractivity contribution in [1.82, 2.24) is 10.0 Å². The van der Waals surface area contributed by atoms with Gasteiger partial charge in [0.2, 0.25) is 10.0 Å². The van der Waals surface area contributed by atoms with Crippen LogP contribution >= 0.6 is 0 Å². The molecule has 146 valence electrons. The molecule has 0 bridgehead atoms. The van der Waals surface area contributed by atoms with Gasteiger partial charge in [0.05, 0.1) is 4.90 Å². The molecule has 6 heteroatoms. The Morgan fingerprint density at radius 3 is 2.44 bits per heavy atom. The summed E-state index contributed by atoms with van der Waals surface area (Å²) in [5.74, 6) is 0. The summed E-state index contributed by atoms with van der Waals surface area (Å²) in [7, 11) is -3.55. The van der Waals surface area contributed by atoms with Gasteiger partial charge in [0.15, 0.2) is 0 Å². The summed E-state index contributed by atoms with van der Waals surface area (Å²) in [6.07, 6.45) is 1.53. The van der Waals surface area contributed by atoms with E-state index in [4.69, 9.17) is 4.74 Å². The summed E-state index contributed by atoms with van der Waals surface area (Å²) >= 11 is 0. The lowest BCUT2D eigenvalue weighted by molar-refractivity contribution is 0.0358. The summed E-state index contributed by atoms with van der Waals surface area (Å²) in [6.45, 7) is 5.59. The molecule has 1 saturated heterocycles. The topological polar surface area (TPSA) is 67.4 Å². The van der Waals surface area contributed by atoms with E-state index in [1.165, 1.54) is 5.56 Å². The van der Waals surface area contributed by atoms with Gasteiger partial charge in [-0.2, -0.15) is 0 Å². The third-order valence-corrected chi connectivity index (χ3v) is 6.57. The Hall–Kier alpha value is -1.73. The van der Waals surface area contributed by atoms with Gasteiger partial charge in [-0.25, -0.2) is 13.1 Å². The third kappa shape index (κ3) is 5.17. The average Bonchev–Trinajstić information content (AvgIpc) is 2.68. The van der Waals surface area contributed by atoms with Crippen molar-refractivity contribution in [3.8, 4) is 0 Å². The minimum atomic E-state index is -3.55. The predicted molar refractivity (Wildman–Crippen MR) is 107 cm³/mol. The highest BCUT2D eigenvalue weighted by molar-refractivity contribution is 7.89. The summed E-state index contributed by atoms with van der Waals surface area (Å²) in [5.41, 5.74) is 1.78. The van der Waals surface area contributed by atoms with Crippen LogP contribution in [-0.2, 0) is 14.8 Å². The van der Waals surface area contributed by atoms with E-state index in [2.05, 4.69) is 29.1 Å². The Morgan fingerprint density at radius 2 is 1.78 bits per heavy atom. The molecular formula is C21H28N2O3S. The number of aryl methyl sites for hydroxylation is 1. The van der Waals surface area contributed by atoms with Gasteiger partial charge in [-0.3, -0.25) is 0 Å². The van der Waals surface area contributed by atoms with Crippen molar-refractivity contribution in [2.24, 2.45) is 0 Å². The molecule has 0 spiro atoms. The fourth-order valence-electron chi connectivity index (χ4n) is 3.52. The van der Waals surface area contributed by atoms with Crippen LogP contribution in [0.4, 0.5) is 0 Å². The number of nitrogens with one attached hydrogen (secondary N) is 2. The van der Waals surface area contributed by atoms with Crippen LogP contribution in [0.25, 0.3) is 0 Å². The molecule has 0 amide bonds. The molecule has 2 N–H and O–H groups in total. The standard InChI is InChI=1S/C21H28N2O3S/c1-17-7-6-10-20(15-17)27(24,25)22-16-21(11-13-26-14-12-21)23-18(2)19-8-4-3-5-9-19/h3-10,15,18,22-23H,11-14,16H2,1-2H3/t18-/m0/s1. The SMILES string of the molecule is Cc1cccc(S(=O)(=O)NCC2(N[C@@H](C)c3ccccc3)CCOCC2)c1. The van der Waals surface area contributed by atoms with Crippen molar-refractivity contribution in [1.29, 1.82) is 0 Å². The molecule has 1 aliphatic heterocycles. The molecule has 27 heavy (non-hydrogen) atoms. The van der Waals surface area contributed by atoms with Crippen molar-refractivity contribution >= 4 is 10.0 Å². The average molecular weight is 389 g/mol. The van der Waals surface area contributed by atoms with Crippen LogP contribution in [0.5, 0.6) is 0 Å². The lowest BCUT2D eigenvalue weighted by Crippen LogP contribution is -2.57. The van der Waals surface area contributed by atoms with Gasteiger partial charge >= 0.3 is 0 Å². The Kier molecular flexibility index (Phi) is 6.32. The van der Waals surface area contributed by atoms with Crippen LogP contribution in [0.15, 0.2) is 59.5 Å². The maximum absolute atomic E-state index is 12.8. The minimum absolute atomic E-state index is 0.118. The first kappa shape index (κ1) is 20.0. The maximum Gasteiger partial charge on any atom is 0.240 e. The fraction of sp³-hybridized carbons (Fsp3) is 0.429. The quantitative estimate of drug-likeness (QED) is 0.765. The molecule has 0 unspecified atom stereocenters. The molecule has 3 rings (SSSR count). The number of benzene rings is 2. The van der Waals surface area contributed by atoms with E-state index >= 15 is 0 Å². The number of sulfonamides is 1. The van der Waals surface area contributed by atoms with E-state index in [0.717, 1.165) is 18.4 Å². The largest absolute Gasteiger partial charge is 0.381 e. The van der Waals surface area contributed by atoms with Crippen molar-refractivity contribution < 1.29 is 13.2 Å². The highest BCUT2D eigenvalue weighted by Crippen LogP contribution is 2.25. The van der Waals surface area contributed by atoms with Gasteiger partial charge in [-0.15, -0.1) is 0 Å². The van der Waals surface area contributed by atoms with Gasteiger partial charge in [0.1, 0.15) is 0 Å². The van der Waals surface area contributed by atoms with Crippen LogP contribution in [-0.4, -0.2) is 33.7 Å². The zero-order chi connectivity index (χ0) is 19.3. The Balaban J connectivity index is 1.75. The zero-order valence-electron chi connectivity index (χ0n) is 15.9. The van der Waals surface area contributed by atoms with Crippen LogP contribution in [0.1, 0.15) is 36.9 Å². The van der Waals surface area contributed by atoms with Crippen LogP contribution in [0, 0.1) is 6.92 Å². The van der Waals surface area contributed by atoms with E-state index < -0.39 is 10.0 Å². The van der Waals surface area contributed by atoms with E-state index in [1.54, 1.807) is 18.2 Å². The first-order valence-corrected chi connectivity index (χ1v) is 10.9. The van der Waals surface area contributed by atoms with E-state index in [-0.39, 0.29) is 11.6 Å². The first-order valence-electron chi connectivity index (χ1n) is 9.37. The van der Waals surface area contributed by atoms with Crippen molar-refractivity contribution in [2.45, 2.75) is 43.2 Å². The second kappa shape index (κ2) is 8.52. The summed E-state index contributed by atoms with van der Waals surface area (Å²) < 4.78 is 33.9. The Bertz CT molecular complexity index is 847. The Morgan fingerprint density at radius 1 is 1.07 bits per heavy atom. The molecule has 2 aromatic carbocycles. The predicted octanol–water partition coefficient (Wildman–Crippen LogP) is 3.17. The molecule has 1 atom stereocenters. The van der Waals surface area contributed by atoms with Crippen molar-refractivity contribution in [3.63, 3.8) is 0 Å². The molecule has 0 radical (unpaired) electrons. The minimum Gasteiger partial charge on any atom is -0.381 e. The van der Waals surface area contributed by atoms with Crippen molar-refractivity contribution in [3.05, 3.63) is 65.7 Å². The molecule has 0 saturated carbocycles. The molecule has 2 aromatic rings. The monoisotopic (exact) mass is 388 g/mol. The van der Waals surface area contributed by atoms with Crippen LogP contribution in [0.3, 0.4) is 0 Å². The first-order chi connectivity index (χ1) is 12.9. The highest BCUT2D eigenvalue weighted by atomic mass is 32.2. The molecule has 1 heterocycles. The molecular weight excluding hydrogens is 360 g/mol. The van der Waals surface area contributed by atoms with Gasteiger partial charge in [0.25, 0.3) is 0 Å². The summed E-state index contributed by atoms with van der Waals surface area (Å²) in [5, 5.41) is 3.68. The highest BCUT2D eigenvalue weighted by Gasteiger charge is 2.35. The van der Waals surface area contributed by atoms with E-state index in [1.807, 2.05) is 31.2 Å². The van der Waals surface area contributed by atoms with E-state index in [9.17, 15) is 8.42 Å². The molecule has 0 aliphatic carbocycles. The van der Waals surface area contributed by atoms with Crippen LogP contribution in [0.2, 0.25) is 0 Å². The van der Waals surface area contributed by atoms with Gasteiger partial charge in [0, 0.05) is 31.3 Å². The van der Waals surface area contributed by atoms with E-state index in [0.29, 0.717) is 24.7 Å².